The number of nitrogens with zero attached hydrogens (tertiary/aromatic N) is 3. The number of pyridine rings is 1. The van der Waals surface area contributed by atoms with Gasteiger partial charge >= 0.3 is 0 Å². The molecule has 112 valence electrons. The highest BCUT2D eigenvalue weighted by atomic mass is 16.3. The molecule has 22 heavy (non-hydrogen) atoms. The van der Waals surface area contributed by atoms with Crippen LogP contribution >= 0.6 is 0 Å². The average molecular weight is 293 g/mol. The van der Waals surface area contributed by atoms with Gasteiger partial charge in [0.1, 0.15) is 0 Å². The Morgan fingerprint density at radius 1 is 1.14 bits per heavy atom. The summed E-state index contributed by atoms with van der Waals surface area (Å²) in [6.45, 7) is 0.997. The Labute approximate surface area is 129 Å². The van der Waals surface area contributed by atoms with Crippen molar-refractivity contribution in [2.24, 2.45) is 0 Å². The zero-order valence-corrected chi connectivity index (χ0v) is 12.4. The molecule has 0 atom stereocenters. The third-order valence-corrected chi connectivity index (χ3v) is 4.31. The van der Waals surface area contributed by atoms with Crippen LogP contribution in [-0.2, 0) is 6.54 Å². The summed E-state index contributed by atoms with van der Waals surface area (Å²) in [5, 5.41) is 8.96. The maximum atomic E-state index is 8.96. The molecule has 0 spiro atoms. The highest BCUT2D eigenvalue weighted by Crippen LogP contribution is 2.40. The molecule has 1 aromatic carbocycles. The summed E-state index contributed by atoms with van der Waals surface area (Å²) in [5.41, 5.74) is 5.63. The van der Waals surface area contributed by atoms with E-state index < -0.39 is 0 Å². The van der Waals surface area contributed by atoms with Gasteiger partial charge in [-0.05, 0) is 55.0 Å². The van der Waals surface area contributed by atoms with Crippen molar-refractivity contribution in [1.29, 1.82) is 0 Å². The summed E-state index contributed by atoms with van der Waals surface area (Å²) in [5.74, 6) is 0.739. The Bertz CT molecular complexity index is 805. The fraction of sp³-hybridized carbons (Fsp3) is 0.333. The molecule has 0 amide bonds. The van der Waals surface area contributed by atoms with Gasteiger partial charge in [-0.2, -0.15) is 0 Å². The minimum absolute atomic E-state index is 0.204. The van der Waals surface area contributed by atoms with E-state index in [-0.39, 0.29) is 6.61 Å². The number of aryl methyl sites for hydroxylation is 1. The second kappa shape index (κ2) is 5.54. The van der Waals surface area contributed by atoms with Crippen molar-refractivity contribution in [2.45, 2.75) is 31.7 Å². The number of benzene rings is 1. The maximum absolute atomic E-state index is 8.96. The van der Waals surface area contributed by atoms with Crippen LogP contribution in [-0.4, -0.2) is 26.2 Å². The van der Waals surface area contributed by atoms with Gasteiger partial charge in [-0.3, -0.25) is 4.98 Å². The van der Waals surface area contributed by atoms with Crippen molar-refractivity contribution in [3.8, 4) is 11.3 Å². The van der Waals surface area contributed by atoms with Gasteiger partial charge in [0.05, 0.1) is 23.1 Å². The second-order valence-corrected chi connectivity index (χ2v) is 5.97. The van der Waals surface area contributed by atoms with Crippen LogP contribution in [0, 0.1) is 0 Å². The van der Waals surface area contributed by atoms with Gasteiger partial charge in [-0.1, -0.05) is 6.07 Å². The molecule has 1 aliphatic rings. The molecule has 4 rings (SSSR count). The standard InChI is InChI=1S/C18H19N3O/c22-9-1-8-21-12-20-17-11-15(4-5-18(17)21)16-10-14(6-7-19-16)13-2-3-13/h4-7,10-13,22H,1-3,8-9H2. The van der Waals surface area contributed by atoms with Crippen LogP contribution in [0.4, 0.5) is 0 Å². The molecule has 1 N–H and O–H groups in total. The Morgan fingerprint density at radius 2 is 2.05 bits per heavy atom. The first kappa shape index (κ1) is 13.5. The fourth-order valence-corrected chi connectivity index (χ4v) is 2.92. The molecule has 4 nitrogen and oxygen atoms in total. The molecule has 0 unspecified atom stereocenters. The van der Waals surface area contributed by atoms with Gasteiger partial charge in [-0.15, -0.1) is 0 Å². The van der Waals surface area contributed by atoms with Crippen molar-refractivity contribution in [1.82, 2.24) is 14.5 Å². The molecule has 1 saturated carbocycles. The van der Waals surface area contributed by atoms with E-state index in [0.717, 1.165) is 41.2 Å². The minimum Gasteiger partial charge on any atom is -0.396 e. The lowest BCUT2D eigenvalue weighted by atomic mass is 10.1. The fourth-order valence-electron chi connectivity index (χ4n) is 2.92. The van der Waals surface area contributed by atoms with Gasteiger partial charge in [0.25, 0.3) is 0 Å². The van der Waals surface area contributed by atoms with Crippen LogP contribution in [0.5, 0.6) is 0 Å². The zero-order valence-electron chi connectivity index (χ0n) is 12.4. The van der Waals surface area contributed by atoms with Crippen LogP contribution in [0.3, 0.4) is 0 Å². The van der Waals surface area contributed by atoms with E-state index in [4.69, 9.17) is 5.11 Å². The number of fused-ring (bicyclic) bond motifs is 1. The van der Waals surface area contributed by atoms with Gasteiger partial charge in [-0.25, -0.2) is 4.98 Å². The van der Waals surface area contributed by atoms with E-state index in [0.29, 0.717) is 0 Å². The van der Waals surface area contributed by atoms with Crippen molar-refractivity contribution in [3.63, 3.8) is 0 Å². The first-order valence-electron chi connectivity index (χ1n) is 7.87. The Balaban J connectivity index is 1.69. The van der Waals surface area contributed by atoms with Gasteiger partial charge in [0.15, 0.2) is 0 Å². The lowest BCUT2D eigenvalue weighted by Crippen LogP contribution is -1.98. The van der Waals surface area contributed by atoms with Crippen LogP contribution in [0.1, 0.15) is 30.7 Å². The van der Waals surface area contributed by atoms with E-state index >= 15 is 0 Å². The molecule has 2 heterocycles. The van der Waals surface area contributed by atoms with Crippen LogP contribution in [0.2, 0.25) is 0 Å². The topological polar surface area (TPSA) is 50.9 Å². The molecule has 1 aliphatic carbocycles. The van der Waals surface area contributed by atoms with Crippen molar-refractivity contribution in [3.05, 3.63) is 48.4 Å². The highest BCUT2D eigenvalue weighted by Gasteiger charge is 2.23. The van der Waals surface area contributed by atoms with Crippen molar-refractivity contribution >= 4 is 11.0 Å². The lowest BCUT2D eigenvalue weighted by Gasteiger charge is -2.05. The summed E-state index contributed by atoms with van der Waals surface area (Å²) in [6, 6.07) is 10.6. The largest absolute Gasteiger partial charge is 0.396 e. The number of aromatic nitrogens is 3. The monoisotopic (exact) mass is 293 g/mol. The third kappa shape index (κ3) is 2.50. The Hall–Kier alpha value is -2.20. The first-order valence-corrected chi connectivity index (χ1v) is 7.87. The number of aliphatic hydroxyl groups is 1. The molecule has 0 bridgehead atoms. The quantitative estimate of drug-likeness (QED) is 0.784. The van der Waals surface area contributed by atoms with Gasteiger partial charge < -0.3 is 9.67 Å². The molecular formula is C18H19N3O. The molecule has 0 radical (unpaired) electrons. The van der Waals surface area contributed by atoms with Gasteiger partial charge in [0.2, 0.25) is 0 Å². The van der Waals surface area contributed by atoms with E-state index in [9.17, 15) is 0 Å². The summed E-state index contributed by atoms with van der Waals surface area (Å²) < 4.78 is 2.09. The van der Waals surface area contributed by atoms with E-state index in [1.54, 1.807) is 0 Å². The predicted octanol–water partition coefficient (Wildman–Crippen LogP) is 3.36. The van der Waals surface area contributed by atoms with Gasteiger partial charge in [0, 0.05) is 24.9 Å². The zero-order chi connectivity index (χ0) is 14.9. The van der Waals surface area contributed by atoms with E-state index in [1.165, 1.54) is 18.4 Å². The number of aliphatic hydroxyl groups excluding tert-OH is 1. The number of hydrogen-bond acceptors (Lipinski definition) is 3. The molecule has 1 fully saturated rings. The maximum Gasteiger partial charge on any atom is 0.0958 e. The summed E-state index contributed by atoms with van der Waals surface area (Å²) in [6.07, 6.45) is 7.11. The Morgan fingerprint density at radius 3 is 2.86 bits per heavy atom. The summed E-state index contributed by atoms with van der Waals surface area (Å²) >= 11 is 0. The highest BCUT2D eigenvalue weighted by molar-refractivity contribution is 5.81. The normalized spacial score (nSPS) is 14.6. The van der Waals surface area contributed by atoms with Crippen LogP contribution < -0.4 is 0 Å². The lowest BCUT2D eigenvalue weighted by molar-refractivity contribution is 0.280. The molecule has 0 aliphatic heterocycles. The molecule has 2 aromatic heterocycles. The summed E-state index contributed by atoms with van der Waals surface area (Å²) in [4.78, 5) is 9.00. The number of hydrogen-bond donors (Lipinski definition) is 1. The SMILES string of the molecule is OCCCn1cnc2cc(-c3cc(C4CC4)ccn3)ccc21. The number of imidazole rings is 1. The smallest absolute Gasteiger partial charge is 0.0958 e. The van der Waals surface area contributed by atoms with E-state index in [2.05, 4.69) is 44.9 Å². The van der Waals surface area contributed by atoms with E-state index in [1.807, 2.05) is 12.5 Å². The molecule has 4 heteroatoms. The predicted molar refractivity (Wildman–Crippen MR) is 86.6 cm³/mol. The second-order valence-electron chi connectivity index (χ2n) is 5.97. The Kier molecular flexibility index (Phi) is 3.39. The summed E-state index contributed by atoms with van der Waals surface area (Å²) in [7, 11) is 0. The molecule has 0 saturated heterocycles. The van der Waals surface area contributed by atoms with Crippen LogP contribution in [0.15, 0.2) is 42.9 Å². The van der Waals surface area contributed by atoms with Crippen LogP contribution in [0.25, 0.3) is 22.3 Å². The number of rotatable bonds is 5. The van der Waals surface area contributed by atoms with Crippen molar-refractivity contribution < 1.29 is 5.11 Å². The molecule has 3 aromatic rings. The average Bonchev–Trinajstić information content (AvgIpc) is 3.34. The molecular weight excluding hydrogens is 274 g/mol. The minimum atomic E-state index is 0.204. The third-order valence-electron chi connectivity index (χ3n) is 4.31. The first-order chi connectivity index (χ1) is 10.8. The van der Waals surface area contributed by atoms with Crippen molar-refractivity contribution in [2.75, 3.05) is 6.61 Å².